The Hall–Kier alpha value is -3.35. The molecule has 2 aliphatic rings. The van der Waals surface area contributed by atoms with Crippen LogP contribution in [0, 0.1) is 0 Å². The molecule has 0 saturated carbocycles. The zero-order valence-electron chi connectivity index (χ0n) is 14.6. The molecule has 0 N–H and O–H groups in total. The number of pyridine rings is 1. The van der Waals surface area contributed by atoms with Gasteiger partial charge in [-0.1, -0.05) is 6.07 Å². The molecule has 0 radical (unpaired) electrons. The van der Waals surface area contributed by atoms with Crippen LogP contribution in [0.25, 0.3) is 0 Å². The summed E-state index contributed by atoms with van der Waals surface area (Å²) < 4.78 is 7.05. The average molecular weight is 362 g/mol. The molecule has 1 fully saturated rings. The molecule has 0 bridgehead atoms. The van der Waals surface area contributed by atoms with E-state index in [1.807, 2.05) is 46.0 Å². The summed E-state index contributed by atoms with van der Waals surface area (Å²) in [5, 5.41) is 0. The van der Waals surface area contributed by atoms with Gasteiger partial charge in [-0.25, -0.2) is 0 Å². The van der Waals surface area contributed by atoms with Gasteiger partial charge in [0.25, 0.3) is 11.8 Å². The van der Waals surface area contributed by atoms with E-state index in [0.717, 1.165) is 5.69 Å². The highest BCUT2D eigenvalue weighted by atomic mass is 16.3. The molecule has 0 spiro atoms. The molecule has 3 aromatic rings. The maximum Gasteiger partial charge on any atom is 0.271 e. The SMILES string of the molecule is O=C(c1ccoc1)N1C[C@H]2[C@H](C1)n1cccc1C(=O)N2Cc1ccccn1. The molecule has 3 aromatic heterocycles. The van der Waals surface area contributed by atoms with E-state index in [1.54, 1.807) is 17.2 Å². The third-order valence-corrected chi connectivity index (χ3v) is 5.39. The molecule has 2 amide bonds. The summed E-state index contributed by atoms with van der Waals surface area (Å²) in [6, 6.07) is 11.0. The summed E-state index contributed by atoms with van der Waals surface area (Å²) >= 11 is 0. The molecule has 7 nitrogen and oxygen atoms in total. The van der Waals surface area contributed by atoms with E-state index in [-0.39, 0.29) is 23.9 Å². The fourth-order valence-electron chi connectivity index (χ4n) is 4.10. The van der Waals surface area contributed by atoms with Gasteiger partial charge in [-0.15, -0.1) is 0 Å². The molecule has 5 rings (SSSR count). The second-order valence-corrected chi connectivity index (χ2v) is 6.91. The first kappa shape index (κ1) is 15.9. The van der Waals surface area contributed by atoms with Crippen molar-refractivity contribution in [1.29, 1.82) is 0 Å². The maximum atomic E-state index is 13.1. The van der Waals surface area contributed by atoms with Crippen LogP contribution >= 0.6 is 0 Å². The van der Waals surface area contributed by atoms with E-state index in [1.165, 1.54) is 12.5 Å². The van der Waals surface area contributed by atoms with Crippen molar-refractivity contribution >= 4 is 11.8 Å². The van der Waals surface area contributed by atoms with Crippen molar-refractivity contribution in [3.05, 3.63) is 78.3 Å². The lowest BCUT2D eigenvalue weighted by Gasteiger charge is -2.37. The van der Waals surface area contributed by atoms with Crippen LogP contribution in [-0.4, -0.2) is 50.3 Å². The Morgan fingerprint density at radius 3 is 2.81 bits per heavy atom. The van der Waals surface area contributed by atoms with Gasteiger partial charge in [0.1, 0.15) is 12.0 Å². The van der Waals surface area contributed by atoms with Crippen LogP contribution in [-0.2, 0) is 6.54 Å². The van der Waals surface area contributed by atoms with Gasteiger partial charge in [0.15, 0.2) is 0 Å². The Bertz CT molecular complexity index is 980. The number of rotatable bonds is 3. The summed E-state index contributed by atoms with van der Waals surface area (Å²) in [5.41, 5.74) is 2.03. The highest BCUT2D eigenvalue weighted by molar-refractivity contribution is 5.96. The smallest absolute Gasteiger partial charge is 0.271 e. The highest BCUT2D eigenvalue weighted by Gasteiger charge is 2.46. The Labute approximate surface area is 155 Å². The highest BCUT2D eigenvalue weighted by Crippen LogP contribution is 2.35. The minimum absolute atomic E-state index is 0.0236. The van der Waals surface area contributed by atoms with Gasteiger partial charge in [0.2, 0.25) is 0 Å². The van der Waals surface area contributed by atoms with E-state index in [9.17, 15) is 9.59 Å². The van der Waals surface area contributed by atoms with Gasteiger partial charge in [-0.05, 0) is 30.3 Å². The van der Waals surface area contributed by atoms with Crippen LogP contribution in [0.4, 0.5) is 0 Å². The number of aromatic nitrogens is 2. The molecule has 2 atom stereocenters. The van der Waals surface area contributed by atoms with Crippen LogP contribution in [0.15, 0.2) is 65.7 Å². The third kappa shape index (κ3) is 2.54. The van der Waals surface area contributed by atoms with Crippen molar-refractivity contribution < 1.29 is 14.0 Å². The molecular formula is C20H18N4O3. The number of hydrogen-bond donors (Lipinski definition) is 0. The molecule has 2 aliphatic heterocycles. The fourth-order valence-corrected chi connectivity index (χ4v) is 4.10. The topological polar surface area (TPSA) is 71.6 Å². The Morgan fingerprint density at radius 1 is 1.15 bits per heavy atom. The largest absolute Gasteiger partial charge is 0.472 e. The van der Waals surface area contributed by atoms with Crippen molar-refractivity contribution in [2.45, 2.75) is 18.6 Å². The van der Waals surface area contributed by atoms with Crippen molar-refractivity contribution in [2.24, 2.45) is 0 Å². The van der Waals surface area contributed by atoms with Gasteiger partial charge in [0.05, 0.1) is 36.1 Å². The number of furan rings is 1. The van der Waals surface area contributed by atoms with Gasteiger partial charge in [-0.2, -0.15) is 0 Å². The second-order valence-electron chi connectivity index (χ2n) is 6.91. The van der Waals surface area contributed by atoms with Gasteiger partial charge >= 0.3 is 0 Å². The molecule has 0 aliphatic carbocycles. The lowest BCUT2D eigenvalue weighted by atomic mass is 10.1. The first-order chi connectivity index (χ1) is 13.2. The number of likely N-dealkylation sites (tertiary alicyclic amines) is 1. The van der Waals surface area contributed by atoms with Crippen molar-refractivity contribution in [3.63, 3.8) is 0 Å². The molecule has 5 heterocycles. The normalized spacial score (nSPS) is 21.3. The molecule has 0 unspecified atom stereocenters. The third-order valence-electron chi connectivity index (χ3n) is 5.39. The van der Waals surface area contributed by atoms with E-state index >= 15 is 0 Å². The summed E-state index contributed by atoms with van der Waals surface area (Å²) in [7, 11) is 0. The van der Waals surface area contributed by atoms with Crippen molar-refractivity contribution in [2.75, 3.05) is 13.1 Å². The molecular weight excluding hydrogens is 344 g/mol. The van der Waals surface area contributed by atoms with Crippen molar-refractivity contribution in [3.8, 4) is 0 Å². The fraction of sp³-hybridized carbons (Fsp3) is 0.250. The van der Waals surface area contributed by atoms with Crippen molar-refractivity contribution in [1.82, 2.24) is 19.4 Å². The molecule has 27 heavy (non-hydrogen) atoms. The maximum absolute atomic E-state index is 13.1. The summed E-state index contributed by atoms with van der Waals surface area (Å²) in [6.45, 7) is 1.48. The van der Waals surface area contributed by atoms with Gasteiger partial charge in [0, 0.05) is 25.5 Å². The molecule has 1 saturated heterocycles. The van der Waals surface area contributed by atoms with Crippen LogP contribution < -0.4 is 0 Å². The van der Waals surface area contributed by atoms with Gasteiger partial charge < -0.3 is 18.8 Å². The monoisotopic (exact) mass is 362 g/mol. The van der Waals surface area contributed by atoms with Crippen LogP contribution in [0.5, 0.6) is 0 Å². The Balaban J connectivity index is 1.48. The molecule has 136 valence electrons. The summed E-state index contributed by atoms with van der Waals surface area (Å²) in [4.78, 5) is 33.9. The predicted molar refractivity (Wildman–Crippen MR) is 96.0 cm³/mol. The number of nitrogens with zero attached hydrogens (tertiary/aromatic N) is 4. The molecule has 7 heteroatoms. The number of fused-ring (bicyclic) bond motifs is 3. The first-order valence-electron chi connectivity index (χ1n) is 8.91. The zero-order chi connectivity index (χ0) is 18.4. The minimum atomic E-state index is -0.0877. The zero-order valence-corrected chi connectivity index (χ0v) is 14.6. The number of amides is 2. The second kappa shape index (κ2) is 6.12. The first-order valence-corrected chi connectivity index (χ1v) is 8.91. The molecule has 0 aromatic carbocycles. The predicted octanol–water partition coefficient (Wildman–Crippen LogP) is 2.20. The summed E-state index contributed by atoms with van der Waals surface area (Å²) in [6.07, 6.45) is 6.61. The van der Waals surface area contributed by atoms with Crippen LogP contribution in [0.3, 0.4) is 0 Å². The van der Waals surface area contributed by atoms with Gasteiger partial charge in [-0.3, -0.25) is 14.6 Å². The Morgan fingerprint density at radius 2 is 2.04 bits per heavy atom. The average Bonchev–Trinajstić information content (AvgIpc) is 3.45. The lowest BCUT2D eigenvalue weighted by molar-refractivity contribution is 0.0547. The van der Waals surface area contributed by atoms with Crippen LogP contribution in [0.1, 0.15) is 32.6 Å². The quantitative estimate of drug-likeness (QED) is 0.716. The van der Waals surface area contributed by atoms with Crippen LogP contribution in [0.2, 0.25) is 0 Å². The minimum Gasteiger partial charge on any atom is -0.472 e. The number of hydrogen-bond acceptors (Lipinski definition) is 4. The van der Waals surface area contributed by atoms with E-state index < -0.39 is 0 Å². The van der Waals surface area contributed by atoms with E-state index in [4.69, 9.17) is 4.42 Å². The number of carbonyl (C=O) groups is 2. The Kier molecular flexibility index (Phi) is 3.60. The summed E-state index contributed by atoms with van der Waals surface area (Å²) in [5.74, 6) is -0.0957. The lowest BCUT2D eigenvalue weighted by Crippen LogP contribution is -2.50. The number of carbonyl (C=O) groups excluding carboxylic acids is 2. The standard InChI is InChI=1S/C20H18N4O3/c25-19(14-6-9-27-13-14)22-11-17-18(12-22)24(10-15-4-1-2-7-21-15)20(26)16-5-3-8-23(16)17/h1-9,13,17-18H,10-12H2/t17-,18-/m0/s1. The van der Waals surface area contributed by atoms with E-state index in [2.05, 4.69) is 4.98 Å². The van der Waals surface area contributed by atoms with E-state index in [0.29, 0.717) is 30.9 Å².